The first kappa shape index (κ1) is 18.7. The Balaban J connectivity index is 1.74. The summed E-state index contributed by atoms with van der Waals surface area (Å²) in [4.78, 5) is 0. The van der Waals surface area contributed by atoms with Crippen LogP contribution in [0.3, 0.4) is 0 Å². The standard InChI is InChI=1S/C25H32Si2/c1-26(2,3)24-20(15-18-11-7-9-13-22(18)24)17-21-16-19-12-8-10-14-23(19)25(21)27(4,5)6/h7-16,24-25H,17H2,1-6H3. The average molecular weight is 389 g/mol. The summed E-state index contributed by atoms with van der Waals surface area (Å²) in [6.07, 6.45) is 6.18. The second-order valence-corrected chi connectivity index (χ2v) is 21.1. The first-order chi connectivity index (χ1) is 12.7. The van der Waals surface area contributed by atoms with Crippen molar-refractivity contribution in [3.05, 3.63) is 81.9 Å². The van der Waals surface area contributed by atoms with Crippen LogP contribution in [0.15, 0.2) is 59.7 Å². The second kappa shape index (κ2) is 6.46. The zero-order valence-electron chi connectivity index (χ0n) is 17.6. The van der Waals surface area contributed by atoms with Crippen molar-refractivity contribution >= 4 is 28.3 Å². The van der Waals surface area contributed by atoms with E-state index in [1.807, 2.05) is 0 Å². The fourth-order valence-electron chi connectivity index (χ4n) is 5.36. The van der Waals surface area contributed by atoms with Crippen LogP contribution in [0.1, 0.15) is 39.8 Å². The van der Waals surface area contributed by atoms with Gasteiger partial charge in [-0.15, -0.1) is 0 Å². The van der Waals surface area contributed by atoms with Crippen molar-refractivity contribution in [1.29, 1.82) is 0 Å². The van der Waals surface area contributed by atoms with Gasteiger partial charge < -0.3 is 0 Å². The molecule has 2 aliphatic carbocycles. The van der Waals surface area contributed by atoms with E-state index in [2.05, 4.69) is 100.0 Å². The molecule has 0 saturated carbocycles. The second-order valence-electron chi connectivity index (χ2n) is 10.5. The molecule has 0 heterocycles. The third-order valence-electron chi connectivity index (χ3n) is 6.18. The quantitative estimate of drug-likeness (QED) is 0.476. The minimum atomic E-state index is -1.34. The topological polar surface area (TPSA) is 0 Å². The Morgan fingerprint density at radius 3 is 1.33 bits per heavy atom. The maximum absolute atomic E-state index is 2.53. The maximum Gasteiger partial charge on any atom is 0.0569 e. The zero-order chi connectivity index (χ0) is 19.4. The van der Waals surface area contributed by atoms with E-state index >= 15 is 0 Å². The van der Waals surface area contributed by atoms with Crippen molar-refractivity contribution in [1.82, 2.24) is 0 Å². The van der Waals surface area contributed by atoms with E-state index in [0.29, 0.717) is 11.1 Å². The van der Waals surface area contributed by atoms with E-state index in [4.69, 9.17) is 0 Å². The molecule has 0 bridgehead atoms. The molecule has 2 aliphatic rings. The highest BCUT2D eigenvalue weighted by atomic mass is 28.3. The summed E-state index contributed by atoms with van der Waals surface area (Å²) in [6, 6.07) is 18.2. The summed E-state index contributed by atoms with van der Waals surface area (Å²) in [5, 5.41) is 0. The average Bonchev–Trinajstić information content (AvgIpc) is 3.11. The van der Waals surface area contributed by atoms with E-state index in [1.165, 1.54) is 11.1 Å². The van der Waals surface area contributed by atoms with Gasteiger partial charge in [0.15, 0.2) is 0 Å². The van der Waals surface area contributed by atoms with Gasteiger partial charge in [0.25, 0.3) is 0 Å². The molecule has 2 unspecified atom stereocenters. The fourth-order valence-corrected chi connectivity index (χ4v) is 10.4. The van der Waals surface area contributed by atoms with Gasteiger partial charge in [-0.05, 0) is 28.7 Å². The summed E-state index contributed by atoms with van der Waals surface area (Å²) in [7, 11) is -2.68. The van der Waals surface area contributed by atoms with Crippen LogP contribution in [0, 0.1) is 0 Å². The first-order valence-electron chi connectivity index (χ1n) is 10.2. The van der Waals surface area contributed by atoms with Gasteiger partial charge in [-0.1, -0.05) is 111 Å². The van der Waals surface area contributed by atoms with Gasteiger partial charge in [-0.25, -0.2) is 0 Å². The molecule has 0 fully saturated rings. The van der Waals surface area contributed by atoms with Gasteiger partial charge in [0.2, 0.25) is 0 Å². The molecule has 0 amide bonds. The van der Waals surface area contributed by atoms with Gasteiger partial charge in [-0.2, -0.15) is 0 Å². The summed E-state index contributed by atoms with van der Waals surface area (Å²) >= 11 is 0. The molecule has 27 heavy (non-hydrogen) atoms. The zero-order valence-corrected chi connectivity index (χ0v) is 19.6. The lowest BCUT2D eigenvalue weighted by Gasteiger charge is -2.33. The van der Waals surface area contributed by atoms with Crippen LogP contribution in [0.4, 0.5) is 0 Å². The third kappa shape index (κ3) is 3.34. The Kier molecular flexibility index (Phi) is 4.47. The van der Waals surface area contributed by atoms with Crippen molar-refractivity contribution in [2.75, 3.05) is 0 Å². The van der Waals surface area contributed by atoms with Gasteiger partial charge in [0.1, 0.15) is 0 Å². The number of allylic oxidation sites excluding steroid dienone is 2. The Hall–Kier alpha value is -1.65. The van der Waals surface area contributed by atoms with Crippen LogP contribution in [-0.2, 0) is 0 Å². The highest BCUT2D eigenvalue weighted by Crippen LogP contribution is 2.50. The Bertz CT molecular complexity index is 858. The molecule has 0 aromatic heterocycles. The third-order valence-corrected chi connectivity index (χ3v) is 11.0. The highest BCUT2D eigenvalue weighted by molar-refractivity contribution is 6.79. The normalized spacial score (nSPS) is 21.6. The molecule has 140 valence electrons. The number of benzene rings is 2. The molecule has 0 N–H and O–H groups in total. The largest absolute Gasteiger partial charge is 0.0688 e. The minimum Gasteiger partial charge on any atom is -0.0688 e. The molecule has 4 rings (SSSR count). The lowest BCUT2D eigenvalue weighted by molar-refractivity contribution is 0.935. The number of rotatable bonds is 4. The van der Waals surface area contributed by atoms with Gasteiger partial charge >= 0.3 is 0 Å². The Morgan fingerprint density at radius 2 is 0.963 bits per heavy atom. The highest BCUT2D eigenvalue weighted by Gasteiger charge is 2.40. The molecule has 0 nitrogen and oxygen atoms in total. The Morgan fingerprint density at radius 1 is 0.593 bits per heavy atom. The lowest BCUT2D eigenvalue weighted by atomic mass is 10.0. The molecule has 0 radical (unpaired) electrons. The Labute approximate surface area is 167 Å². The molecular weight excluding hydrogens is 356 g/mol. The van der Waals surface area contributed by atoms with Crippen LogP contribution in [-0.4, -0.2) is 16.1 Å². The summed E-state index contributed by atoms with van der Waals surface area (Å²) in [6.45, 7) is 15.2. The molecular formula is C25H32Si2. The van der Waals surface area contributed by atoms with Gasteiger partial charge in [-0.3, -0.25) is 0 Å². The fraction of sp³-hybridized carbons (Fsp3) is 0.360. The molecule has 2 aromatic rings. The number of hydrogen-bond acceptors (Lipinski definition) is 0. The van der Waals surface area contributed by atoms with Crippen molar-refractivity contribution in [2.24, 2.45) is 0 Å². The molecule has 0 saturated heterocycles. The lowest BCUT2D eigenvalue weighted by Crippen LogP contribution is -2.33. The number of hydrogen-bond donors (Lipinski definition) is 0. The van der Waals surface area contributed by atoms with Crippen molar-refractivity contribution in [3.63, 3.8) is 0 Å². The van der Waals surface area contributed by atoms with E-state index in [-0.39, 0.29) is 0 Å². The summed E-state index contributed by atoms with van der Waals surface area (Å²) in [5.41, 5.74) is 10.7. The molecule has 2 heteroatoms. The van der Waals surface area contributed by atoms with E-state index in [9.17, 15) is 0 Å². The van der Waals surface area contributed by atoms with Gasteiger partial charge in [0, 0.05) is 11.1 Å². The van der Waals surface area contributed by atoms with Gasteiger partial charge in [0.05, 0.1) is 16.1 Å². The van der Waals surface area contributed by atoms with E-state index < -0.39 is 16.1 Å². The molecule has 2 aromatic carbocycles. The van der Waals surface area contributed by atoms with Crippen molar-refractivity contribution in [3.8, 4) is 0 Å². The SMILES string of the molecule is C[Si](C)(C)C1C(CC2=Cc3ccccc3C2[Si](C)(C)C)=Cc2ccccc21. The molecule has 2 atom stereocenters. The van der Waals surface area contributed by atoms with Crippen LogP contribution in [0.2, 0.25) is 39.3 Å². The van der Waals surface area contributed by atoms with Crippen LogP contribution in [0.5, 0.6) is 0 Å². The van der Waals surface area contributed by atoms with Crippen LogP contribution >= 0.6 is 0 Å². The van der Waals surface area contributed by atoms with Crippen molar-refractivity contribution in [2.45, 2.75) is 56.8 Å². The first-order valence-corrected chi connectivity index (χ1v) is 17.4. The maximum atomic E-state index is 2.53. The van der Waals surface area contributed by atoms with Crippen LogP contribution in [0.25, 0.3) is 12.2 Å². The summed E-state index contributed by atoms with van der Waals surface area (Å²) in [5.74, 6) is 0. The van der Waals surface area contributed by atoms with Crippen molar-refractivity contribution < 1.29 is 0 Å². The predicted molar refractivity (Wildman–Crippen MR) is 126 cm³/mol. The number of fused-ring (bicyclic) bond motifs is 2. The predicted octanol–water partition coefficient (Wildman–Crippen LogP) is 7.49. The molecule has 0 aliphatic heterocycles. The molecule has 0 spiro atoms. The van der Waals surface area contributed by atoms with Crippen LogP contribution < -0.4 is 0 Å². The minimum absolute atomic E-state index is 0.653. The van der Waals surface area contributed by atoms with E-state index in [1.54, 1.807) is 22.3 Å². The van der Waals surface area contributed by atoms with E-state index in [0.717, 1.165) is 6.42 Å². The summed E-state index contributed by atoms with van der Waals surface area (Å²) < 4.78 is 0. The smallest absolute Gasteiger partial charge is 0.0569 e. The monoisotopic (exact) mass is 388 g/mol.